The van der Waals surface area contributed by atoms with Crippen LogP contribution < -0.4 is 4.90 Å². The SMILES string of the molecule is CS(=O)(=O)c1nc(N2CCCN(CCO)CC2)nc(C(Cl)(Cl)Cl)n1. The molecule has 0 amide bonds. The summed E-state index contributed by atoms with van der Waals surface area (Å²) >= 11 is 17.5. The van der Waals surface area contributed by atoms with Crippen molar-refractivity contribution >= 4 is 50.6 Å². The van der Waals surface area contributed by atoms with E-state index >= 15 is 0 Å². The number of aromatic nitrogens is 3. The van der Waals surface area contributed by atoms with Crippen molar-refractivity contribution in [3.8, 4) is 0 Å². The molecule has 2 heterocycles. The second-order valence-corrected chi connectivity index (χ2v) is 9.61. The first-order valence-corrected chi connectivity index (χ1v) is 10.3. The van der Waals surface area contributed by atoms with E-state index in [4.69, 9.17) is 39.9 Å². The van der Waals surface area contributed by atoms with Gasteiger partial charge in [-0.3, -0.25) is 4.90 Å². The van der Waals surface area contributed by atoms with Crippen LogP contribution in [0.4, 0.5) is 5.95 Å². The molecule has 0 bridgehead atoms. The van der Waals surface area contributed by atoms with E-state index in [1.54, 1.807) is 0 Å². The highest BCUT2D eigenvalue weighted by Crippen LogP contribution is 2.36. The lowest BCUT2D eigenvalue weighted by molar-refractivity contribution is 0.204. The lowest BCUT2D eigenvalue weighted by Gasteiger charge is -2.22. The molecule has 1 aliphatic heterocycles. The zero-order valence-corrected chi connectivity index (χ0v) is 16.1. The van der Waals surface area contributed by atoms with Crippen LogP contribution in [0.5, 0.6) is 0 Å². The number of nitrogens with zero attached hydrogens (tertiary/aromatic N) is 5. The van der Waals surface area contributed by atoms with E-state index in [1.165, 1.54) is 0 Å². The number of aliphatic hydroxyl groups is 1. The van der Waals surface area contributed by atoms with Crippen LogP contribution >= 0.6 is 34.8 Å². The monoisotopic (exact) mass is 417 g/mol. The molecule has 24 heavy (non-hydrogen) atoms. The molecule has 0 unspecified atom stereocenters. The third-order valence-corrected chi connectivity index (χ3v) is 4.83. The lowest BCUT2D eigenvalue weighted by atomic mass is 10.4. The number of hydrogen-bond donors (Lipinski definition) is 1. The first kappa shape index (κ1) is 19.9. The molecule has 0 radical (unpaired) electrons. The Morgan fingerprint density at radius 2 is 1.83 bits per heavy atom. The van der Waals surface area contributed by atoms with Gasteiger partial charge in [-0.15, -0.1) is 0 Å². The highest BCUT2D eigenvalue weighted by Gasteiger charge is 2.31. The number of halogens is 3. The number of β-amino-alcohol motifs (C(OH)–C–C–N with tert-alkyl or cyclic N) is 1. The van der Waals surface area contributed by atoms with Crippen molar-refractivity contribution in [1.29, 1.82) is 0 Å². The summed E-state index contributed by atoms with van der Waals surface area (Å²) in [6.45, 7) is 3.35. The number of hydrogen-bond acceptors (Lipinski definition) is 8. The van der Waals surface area contributed by atoms with E-state index in [-0.39, 0.29) is 18.4 Å². The summed E-state index contributed by atoms with van der Waals surface area (Å²) in [4.78, 5) is 15.9. The Kier molecular flexibility index (Phi) is 6.49. The minimum Gasteiger partial charge on any atom is -0.395 e. The van der Waals surface area contributed by atoms with Gasteiger partial charge in [0, 0.05) is 32.4 Å². The third-order valence-electron chi connectivity index (χ3n) is 3.48. The van der Waals surface area contributed by atoms with Crippen LogP contribution in [0.25, 0.3) is 0 Å². The molecule has 0 aromatic carbocycles. The van der Waals surface area contributed by atoms with Gasteiger partial charge in [0.1, 0.15) is 0 Å². The fraction of sp³-hybridized carbons (Fsp3) is 0.750. The van der Waals surface area contributed by atoms with Gasteiger partial charge in [0.15, 0.2) is 5.82 Å². The molecule has 12 heteroatoms. The maximum Gasteiger partial charge on any atom is 0.251 e. The van der Waals surface area contributed by atoms with E-state index in [1.807, 2.05) is 4.90 Å². The molecule has 1 saturated heterocycles. The molecule has 1 N–H and O–H groups in total. The molecule has 1 aliphatic rings. The topological polar surface area (TPSA) is 99.5 Å². The van der Waals surface area contributed by atoms with Gasteiger partial charge < -0.3 is 10.0 Å². The fourth-order valence-electron chi connectivity index (χ4n) is 2.32. The summed E-state index contributed by atoms with van der Waals surface area (Å²) in [7, 11) is -3.68. The quantitative estimate of drug-likeness (QED) is 0.710. The Morgan fingerprint density at radius 3 is 2.42 bits per heavy atom. The summed E-state index contributed by atoms with van der Waals surface area (Å²) in [5.74, 6) is -0.0630. The van der Waals surface area contributed by atoms with Crippen molar-refractivity contribution < 1.29 is 13.5 Å². The predicted molar refractivity (Wildman–Crippen MR) is 92.5 cm³/mol. The van der Waals surface area contributed by atoms with Gasteiger partial charge in [0.2, 0.25) is 19.6 Å². The van der Waals surface area contributed by atoms with Crippen LogP contribution in [0.2, 0.25) is 0 Å². The second kappa shape index (κ2) is 7.84. The predicted octanol–water partition coefficient (Wildman–Crippen LogP) is 0.606. The van der Waals surface area contributed by atoms with Crippen LogP contribution in [-0.4, -0.2) is 79.0 Å². The standard InChI is InChI=1S/C12H18Cl3N5O3S/c1-24(22,23)11-17-9(12(13,14)15)16-10(18-11)20-4-2-3-19(5-6-20)7-8-21/h21H,2-8H2,1H3. The number of alkyl halides is 3. The molecule has 1 fully saturated rings. The van der Waals surface area contributed by atoms with Gasteiger partial charge in [-0.05, 0) is 13.0 Å². The molecular weight excluding hydrogens is 401 g/mol. The molecule has 0 aliphatic carbocycles. The Hall–Kier alpha value is -0.450. The van der Waals surface area contributed by atoms with Crippen molar-refractivity contribution in [2.24, 2.45) is 0 Å². The Balaban J connectivity index is 2.35. The summed E-state index contributed by atoms with van der Waals surface area (Å²) < 4.78 is 21.7. The molecule has 8 nitrogen and oxygen atoms in total. The Bertz CT molecular complexity index is 683. The van der Waals surface area contributed by atoms with Crippen molar-refractivity contribution in [2.45, 2.75) is 15.4 Å². The molecular formula is C12H18Cl3N5O3S. The number of sulfone groups is 1. The number of aliphatic hydroxyl groups excluding tert-OH is 1. The molecule has 0 saturated carbocycles. The number of anilines is 1. The van der Waals surface area contributed by atoms with Gasteiger partial charge in [-0.1, -0.05) is 34.8 Å². The zero-order chi connectivity index (χ0) is 18.0. The average molecular weight is 419 g/mol. The Labute approximate surface area is 155 Å². The van der Waals surface area contributed by atoms with E-state index < -0.39 is 18.8 Å². The average Bonchev–Trinajstić information content (AvgIpc) is 2.71. The summed E-state index contributed by atoms with van der Waals surface area (Å²) in [6, 6.07) is 0. The van der Waals surface area contributed by atoms with Gasteiger partial charge in [-0.2, -0.15) is 15.0 Å². The molecule has 0 atom stereocenters. The number of rotatable bonds is 4. The minimum atomic E-state index is -3.68. The van der Waals surface area contributed by atoms with Gasteiger partial charge >= 0.3 is 0 Å². The van der Waals surface area contributed by atoms with Crippen LogP contribution in [-0.2, 0) is 13.6 Å². The van der Waals surface area contributed by atoms with Crippen molar-refractivity contribution in [3.63, 3.8) is 0 Å². The summed E-state index contributed by atoms with van der Waals surface area (Å²) in [6.07, 6.45) is 1.79. The zero-order valence-electron chi connectivity index (χ0n) is 13.0. The first-order valence-electron chi connectivity index (χ1n) is 7.23. The smallest absolute Gasteiger partial charge is 0.251 e. The Morgan fingerprint density at radius 1 is 1.12 bits per heavy atom. The summed E-state index contributed by atoms with van der Waals surface area (Å²) in [5.41, 5.74) is 0. The van der Waals surface area contributed by atoms with E-state index in [9.17, 15) is 8.42 Å². The van der Waals surface area contributed by atoms with Crippen LogP contribution in [0, 0.1) is 0 Å². The maximum absolute atomic E-state index is 11.8. The maximum atomic E-state index is 11.8. The lowest BCUT2D eigenvalue weighted by Crippen LogP contribution is -2.33. The van der Waals surface area contributed by atoms with Gasteiger partial charge in [0.05, 0.1) is 6.61 Å². The van der Waals surface area contributed by atoms with Crippen LogP contribution in [0.15, 0.2) is 5.16 Å². The first-order chi connectivity index (χ1) is 11.1. The fourth-order valence-corrected chi connectivity index (χ4v) is 3.07. The largest absolute Gasteiger partial charge is 0.395 e. The van der Waals surface area contributed by atoms with E-state index in [0.29, 0.717) is 26.2 Å². The van der Waals surface area contributed by atoms with Crippen molar-refractivity contribution in [1.82, 2.24) is 19.9 Å². The molecule has 2 rings (SSSR count). The van der Waals surface area contributed by atoms with Gasteiger partial charge in [-0.25, -0.2) is 8.42 Å². The van der Waals surface area contributed by atoms with Gasteiger partial charge in [0.25, 0.3) is 5.16 Å². The van der Waals surface area contributed by atoms with Crippen molar-refractivity contribution in [2.75, 3.05) is 50.5 Å². The van der Waals surface area contributed by atoms with E-state index in [2.05, 4.69) is 19.9 Å². The summed E-state index contributed by atoms with van der Waals surface area (Å²) in [5, 5.41) is 8.62. The minimum absolute atomic E-state index is 0.0847. The second-order valence-electron chi connectivity index (χ2n) is 5.42. The third kappa shape index (κ3) is 5.27. The van der Waals surface area contributed by atoms with E-state index in [0.717, 1.165) is 19.2 Å². The van der Waals surface area contributed by atoms with Crippen LogP contribution in [0.3, 0.4) is 0 Å². The highest BCUT2D eigenvalue weighted by atomic mass is 35.6. The van der Waals surface area contributed by atoms with Crippen LogP contribution in [0.1, 0.15) is 12.2 Å². The normalized spacial score (nSPS) is 17.8. The molecule has 0 spiro atoms. The van der Waals surface area contributed by atoms with Crippen molar-refractivity contribution in [3.05, 3.63) is 5.82 Å². The molecule has 1 aromatic heterocycles. The highest BCUT2D eigenvalue weighted by molar-refractivity contribution is 7.90. The molecule has 136 valence electrons. The molecule has 1 aromatic rings.